The third-order valence-corrected chi connectivity index (χ3v) is 3.27. The van der Waals surface area contributed by atoms with Crippen LogP contribution in [0.15, 0.2) is 35.2 Å². The molecule has 5 heteroatoms. The summed E-state index contributed by atoms with van der Waals surface area (Å²) in [6, 6.07) is 3.09. The van der Waals surface area contributed by atoms with Crippen molar-refractivity contribution in [2.24, 2.45) is 0 Å². The molecule has 0 N–H and O–H groups in total. The highest BCUT2D eigenvalue weighted by atomic mass is 79.9. The van der Waals surface area contributed by atoms with E-state index >= 15 is 0 Å². The molecule has 0 aliphatic rings. The van der Waals surface area contributed by atoms with Crippen molar-refractivity contribution < 1.29 is 8.78 Å². The van der Waals surface area contributed by atoms with Crippen molar-refractivity contribution in [3.05, 3.63) is 46.5 Å². The van der Waals surface area contributed by atoms with Crippen molar-refractivity contribution in [1.82, 2.24) is 9.97 Å². The van der Waals surface area contributed by atoms with Gasteiger partial charge in [0.1, 0.15) is 5.69 Å². The van der Waals surface area contributed by atoms with Crippen LogP contribution in [0.5, 0.6) is 0 Å². The Balaban J connectivity index is 2.53. The minimum atomic E-state index is -2.56. The van der Waals surface area contributed by atoms with E-state index < -0.39 is 6.43 Å². The van der Waals surface area contributed by atoms with Gasteiger partial charge < -0.3 is 0 Å². The Morgan fingerprint density at radius 3 is 2.76 bits per heavy atom. The maximum atomic E-state index is 12.6. The fourth-order valence-corrected chi connectivity index (χ4v) is 1.86. The minimum absolute atomic E-state index is 0.220. The molecular weight excluding hydrogens is 290 g/mol. The van der Waals surface area contributed by atoms with Gasteiger partial charge in [0, 0.05) is 28.6 Å². The van der Waals surface area contributed by atoms with E-state index in [1.807, 2.05) is 6.92 Å². The van der Waals surface area contributed by atoms with Crippen LogP contribution in [0.1, 0.15) is 17.7 Å². The molecule has 0 aliphatic carbocycles. The van der Waals surface area contributed by atoms with Gasteiger partial charge in [0.25, 0.3) is 6.43 Å². The minimum Gasteiger partial charge on any atom is -0.263 e. The van der Waals surface area contributed by atoms with Crippen LogP contribution in [0.2, 0.25) is 0 Å². The molecule has 0 aromatic carbocycles. The van der Waals surface area contributed by atoms with Gasteiger partial charge in [-0.05, 0) is 46.1 Å². The lowest BCUT2D eigenvalue weighted by Crippen LogP contribution is -1.92. The average molecular weight is 299 g/mol. The molecule has 0 radical (unpaired) electrons. The summed E-state index contributed by atoms with van der Waals surface area (Å²) in [5, 5.41) is 0. The van der Waals surface area contributed by atoms with E-state index in [0.29, 0.717) is 5.56 Å². The Kier molecular flexibility index (Phi) is 3.47. The van der Waals surface area contributed by atoms with Gasteiger partial charge in [-0.2, -0.15) is 0 Å². The van der Waals surface area contributed by atoms with E-state index in [1.165, 1.54) is 12.3 Å². The normalized spacial score (nSPS) is 10.9. The Morgan fingerprint density at radius 2 is 2.06 bits per heavy atom. The fraction of sp³-hybridized carbons (Fsp3) is 0.167. The van der Waals surface area contributed by atoms with E-state index in [2.05, 4.69) is 25.9 Å². The summed E-state index contributed by atoms with van der Waals surface area (Å²) in [7, 11) is 0. The molecule has 88 valence electrons. The highest BCUT2D eigenvalue weighted by Gasteiger charge is 2.11. The molecule has 0 unspecified atom stereocenters. The third-order valence-electron chi connectivity index (χ3n) is 2.47. The number of alkyl halides is 2. The van der Waals surface area contributed by atoms with Crippen LogP contribution < -0.4 is 0 Å². The average Bonchev–Trinajstić information content (AvgIpc) is 2.33. The van der Waals surface area contributed by atoms with Crippen LogP contribution in [-0.2, 0) is 0 Å². The molecule has 2 aromatic heterocycles. The van der Waals surface area contributed by atoms with Crippen molar-refractivity contribution in [2.75, 3.05) is 0 Å². The first kappa shape index (κ1) is 12.1. The standard InChI is InChI=1S/C12H9BrF2N2/c1-7-9(5-16-6-10(7)13)8-2-3-17-11(4-8)12(14)15/h2-6,12H,1H3. The molecule has 0 saturated heterocycles. The summed E-state index contributed by atoms with van der Waals surface area (Å²) in [5.74, 6) is 0. The zero-order chi connectivity index (χ0) is 12.4. The molecule has 0 atom stereocenters. The van der Waals surface area contributed by atoms with E-state index in [0.717, 1.165) is 15.6 Å². The lowest BCUT2D eigenvalue weighted by molar-refractivity contribution is 0.146. The molecule has 0 saturated carbocycles. The van der Waals surface area contributed by atoms with Crippen LogP contribution in [-0.4, -0.2) is 9.97 Å². The van der Waals surface area contributed by atoms with E-state index in [9.17, 15) is 8.78 Å². The molecule has 0 bridgehead atoms. The monoisotopic (exact) mass is 298 g/mol. The predicted octanol–water partition coefficient (Wildman–Crippen LogP) is 4.15. The first-order valence-electron chi connectivity index (χ1n) is 4.94. The van der Waals surface area contributed by atoms with Crippen molar-refractivity contribution in [3.63, 3.8) is 0 Å². The van der Waals surface area contributed by atoms with Crippen molar-refractivity contribution in [1.29, 1.82) is 0 Å². The van der Waals surface area contributed by atoms with E-state index in [4.69, 9.17) is 0 Å². The largest absolute Gasteiger partial charge is 0.280 e. The SMILES string of the molecule is Cc1c(Br)cncc1-c1ccnc(C(F)F)c1. The second-order valence-corrected chi connectivity index (χ2v) is 4.42. The van der Waals surface area contributed by atoms with Gasteiger partial charge in [-0.3, -0.25) is 9.97 Å². The van der Waals surface area contributed by atoms with Gasteiger partial charge in [-0.15, -0.1) is 0 Å². The highest BCUT2D eigenvalue weighted by molar-refractivity contribution is 9.10. The summed E-state index contributed by atoms with van der Waals surface area (Å²) < 4.78 is 26.0. The maximum Gasteiger partial charge on any atom is 0.280 e. The molecule has 2 heterocycles. The number of hydrogen-bond acceptors (Lipinski definition) is 2. The zero-order valence-electron chi connectivity index (χ0n) is 8.99. The van der Waals surface area contributed by atoms with Crippen LogP contribution in [0.3, 0.4) is 0 Å². The summed E-state index contributed by atoms with van der Waals surface area (Å²) >= 11 is 3.36. The molecule has 0 amide bonds. The van der Waals surface area contributed by atoms with Crippen molar-refractivity contribution >= 4 is 15.9 Å². The van der Waals surface area contributed by atoms with Gasteiger partial charge in [0.2, 0.25) is 0 Å². The van der Waals surface area contributed by atoms with Crippen LogP contribution in [0, 0.1) is 6.92 Å². The van der Waals surface area contributed by atoms with E-state index in [-0.39, 0.29) is 5.69 Å². The smallest absolute Gasteiger partial charge is 0.263 e. The predicted molar refractivity (Wildman–Crippen MR) is 64.9 cm³/mol. The molecular formula is C12H9BrF2N2. The number of pyridine rings is 2. The highest BCUT2D eigenvalue weighted by Crippen LogP contribution is 2.29. The van der Waals surface area contributed by atoms with E-state index in [1.54, 1.807) is 18.5 Å². The first-order chi connectivity index (χ1) is 8.09. The van der Waals surface area contributed by atoms with Gasteiger partial charge in [-0.25, -0.2) is 8.78 Å². The number of hydrogen-bond donors (Lipinski definition) is 0. The van der Waals surface area contributed by atoms with Gasteiger partial charge in [-0.1, -0.05) is 0 Å². The van der Waals surface area contributed by atoms with Crippen LogP contribution in [0.25, 0.3) is 11.1 Å². The quantitative estimate of drug-likeness (QED) is 0.832. The Labute approximate surface area is 106 Å². The molecule has 2 rings (SSSR count). The molecule has 0 spiro atoms. The first-order valence-corrected chi connectivity index (χ1v) is 5.73. The fourth-order valence-electron chi connectivity index (χ4n) is 1.53. The molecule has 0 aliphatic heterocycles. The number of nitrogens with zero attached hydrogens (tertiary/aromatic N) is 2. The lowest BCUT2D eigenvalue weighted by atomic mass is 10.0. The maximum absolute atomic E-state index is 12.6. The summed E-state index contributed by atoms with van der Waals surface area (Å²) in [6.45, 7) is 1.91. The zero-order valence-corrected chi connectivity index (χ0v) is 10.6. The Hall–Kier alpha value is -1.36. The second kappa shape index (κ2) is 4.87. The van der Waals surface area contributed by atoms with Gasteiger partial charge >= 0.3 is 0 Å². The van der Waals surface area contributed by atoms with Gasteiger partial charge in [0.15, 0.2) is 0 Å². The Morgan fingerprint density at radius 1 is 1.29 bits per heavy atom. The summed E-state index contributed by atoms with van der Waals surface area (Å²) in [4.78, 5) is 7.68. The van der Waals surface area contributed by atoms with Gasteiger partial charge in [0.05, 0.1) is 0 Å². The molecule has 2 nitrogen and oxygen atoms in total. The second-order valence-electron chi connectivity index (χ2n) is 3.56. The third kappa shape index (κ3) is 2.49. The molecule has 2 aromatic rings. The summed E-state index contributed by atoms with van der Waals surface area (Å²) in [6.07, 6.45) is 2.16. The topological polar surface area (TPSA) is 25.8 Å². The van der Waals surface area contributed by atoms with Crippen molar-refractivity contribution in [3.8, 4) is 11.1 Å². The number of aromatic nitrogens is 2. The van der Waals surface area contributed by atoms with Crippen LogP contribution in [0.4, 0.5) is 8.78 Å². The Bertz CT molecular complexity index is 544. The molecule has 0 fully saturated rings. The number of rotatable bonds is 2. The van der Waals surface area contributed by atoms with Crippen molar-refractivity contribution in [2.45, 2.75) is 13.3 Å². The summed E-state index contributed by atoms with van der Waals surface area (Å²) in [5.41, 5.74) is 2.26. The molecule has 17 heavy (non-hydrogen) atoms. The number of halogens is 3. The van der Waals surface area contributed by atoms with Crippen LogP contribution >= 0.6 is 15.9 Å². The lowest BCUT2D eigenvalue weighted by Gasteiger charge is -2.08.